The van der Waals surface area contributed by atoms with E-state index in [9.17, 15) is 9.59 Å². The Morgan fingerprint density at radius 2 is 0.946 bits per heavy atom. The SMILES string of the molecule is C=C(NC(C)=O)c1ccc2ccccc2c1.CC(=O)NC(C)c1ccc2ccccc2c1.COc1cccc2c1[P@@](C(C)(C)C)C(C1N(c3ccccc3)c3cccc(OC)c3[P@]1C(C)(C)C)N2c1ccccc1. The van der Waals surface area contributed by atoms with E-state index in [4.69, 9.17) is 9.47 Å². The predicted octanol–water partition coefficient (Wildman–Crippen LogP) is 15.2. The van der Waals surface area contributed by atoms with Crippen LogP contribution in [-0.4, -0.2) is 47.9 Å². The minimum absolute atomic E-state index is 0.000610. The Labute approximate surface area is 441 Å². The Hall–Kier alpha value is -6.98. The number of carbonyl (C=O) groups excluding carboxylic acids is 2. The third-order valence-electron chi connectivity index (χ3n) is 13.4. The largest absolute Gasteiger partial charge is 0.496 e. The lowest BCUT2D eigenvalue weighted by molar-refractivity contribution is -0.119. The molecule has 0 bridgehead atoms. The zero-order valence-electron chi connectivity index (χ0n) is 44.7. The van der Waals surface area contributed by atoms with Gasteiger partial charge in [-0.3, -0.25) is 9.59 Å². The second kappa shape index (κ2) is 22.6. The van der Waals surface area contributed by atoms with Crippen molar-refractivity contribution in [1.29, 1.82) is 0 Å². The van der Waals surface area contributed by atoms with Crippen LogP contribution in [-0.2, 0) is 9.59 Å². The quantitative estimate of drug-likeness (QED) is 0.140. The summed E-state index contributed by atoms with van der Waals surface area (Å²) in [4.78, 5) is 27.2. The number of nitrogens with one attached hydrogen (secondary N) is 2. The maximum absolute atomic E-state index is 11.0. The van der Waals surface area contributed by atoms with Crippen LogP contribution in [0.3, 0.4) is 0 Å². The molecule has 10 heteroatoms. The molecule has 0 saturated carbocycles. The molecule has 0 radical (unpaired) electrons. The number of benzene rings is 8. The van der Waals surface area contributed by atoms with Gasteiger partial charge in [0.15, 0.2) is 0 Å². The van der Waals surface area contributed by atoms with Gasteiger partial charge in [-0.25, -0.2) is 0 Å². The Morgan fingerprint density at radius 1 is 0.527 bits per heavy atom. The van der Waals surface area contributed by atoms with Crippen LogP contribution in [0.4, 0.5) is 22.7 Å². The Kier molecular flexibility index (Phi) is 16.3. The maximum atomic E-state index is 11.0. The van der Waals surface area contributed by atoms with Crippen molar-refractivity contribution in [2.24, 2.45) is 0 Å². The first kappa shape index (κ1) is 53.3. The highest BCUT2D eigenvalue weighted by Gasteiger charge is 2.58. The number of nitrogens with zero attached hydrogens (tertiary/aromatic N) is 2. The van der Waals surface area contributed by atoms with Crippen LogP contribution >= 0.6 is 15.8 Å². The molecular formula is C64H70N4O4P2. The number of fused-ring (bicyclic) bond motifs is 4. The van der Waals surface area contributed by atoms with Crippen molar-refractivity contribution in [3.8, 4) is 11.5 Å². The molecule has 5 atom stereocenters. The number of anilines is 4. The van der Waals surface area contributed by atoms with Gasteiger partial charge >= 0.3 is 0 Å². The van der Waals surface area contributed by atoms with Crippen LogP contribution in [0, 0.1) is 0 Å². The van der Waals surface area contributed by atoms with Gasteiger partial charge in [-0.05, 0) is 126 Å². The summed E-state index contributed by atoms with van der Waals surface area (Å²) < 4.78 is 12.3. The van der Waals surface area contributed by atoms with Gasteiger partial charge in [-0.15, -0.1) is 0 Å². The number of ether oxygens (including phenoxy) is 2. The highest BCUT2D eigenvalue weighted by molar-refractivity contribution is 7.73. The average Bonchev–Trinajstić information content (AvgIpc) is 3.94. The van der Waals surface area contributed by atoms with Crippen molar-refractivity contribution >= 4 is 88.3 Å². The van der Waals surface area contributed by atoms with E-state index in [1.54, 1.807) is 0 Å². The first-order chi connectivity index (χ1) is 35.4. The number of para-hydroxylation sites is 2. The van der Waals surface area contributed by atoms with Gasteiger partial charge in [0.25, 0.3) is 0 Å². The van der Waals surface area contributed by atoms with Crippen LogP contribution in [0.1, 0.15) is 79.5 Å². The van der Waals surface area contributed by atoms with Gasteiger partial charge < -0.3 is 29.9 Å². The minimum Gasteiger partial charge on any atom is -0.496 e. The molecule has 0 aliphatic carbocycles. The smallest absolute Gasteiger partial charge is 0.221 e. The van der Waals surface area contributed by atoms with E-state index in [1.165, 1.54) is 63.4 Å². The van der Waals surface area contributed by atoms with Crippen molar-refractivity contribution < 1.29 is 19.1 Å². The number of hydrogen-bond donors (Lipinski definition) is 2. The molecule has 8 aromatic rings. The molecule has 2 N–H and O–H groups in total. The van der Waals surface area contributed by atoms with Crippen LogP contribution in [0.2, 0.25) is 0 Å². The molecule has 8 aromatic carbocycles. The van der Waals surface area contributed by atoms with Crippen molar-refractivity contribution in [2.45, 2.75) is 90.2 Å². The van der Waals surface area contributed by atoms with Gasteiger partial charge in [0.2, 0.25) is 11.8 Å². The van der Waals surface area contributed by atoms with Crippen LogP contribution in [0.15, 0.2) is 189 Å². The van der Waals surface area contributed by atoms with Gasteiger partial charge in [0.05, 0.1) is 43.2 Å². The fraction of sp³-hybridized carbons (Fsp3) is 0.250. The average molecular weight is 1020 g/mol. The fourth-order valence-electron chi connectivity index (χ4n) is 10.3. The summed E-state index contributed by atoms with van der Waals surface area (Å²) in [5, 5.41) is 13.1. The summed E-state index contributed by atoms with van der Waals surface area (Å²) >= 11 is 0. The lowest BCUT2D eigenvalue weighted by atomic mass is 10.0. The summed E-state index contributed by atoms with van der Waals surface area (Å²) in [6.07, 6.45) is 0. The van der Waals surface area contributed by atoms with Gasteiger partial charge in [-0.2, -0.15) is 0 Å². The molecular weight excluding hydrogens is 951 g/mol. The molecule has 2 aliphatic rings. The molecule has 2 heterocycles. The van der Waals surface area contributed by atoms with Gasteiger partial charge in [0, 0.05) is 41.5 Å². The predicted molar refractivity (Wildman–Crippen MR) is 316 cm³/mol. The van der Waals surface area contributed by atoms with Crippen LogP contribution < -0.4 is 40.5 Å². The van der Waals surface area contributed by atoms with E-state index < -0.39 is 15.8 Å². The molecule has 10 rings (SSSR count). The van der Waals surface area contributed by atoms with E-state index in [-0.39, 0.29) is 39.7 Å². The van der Waals surface area contributed by atoms with Crippen molar-refractivity contribution in [3.05, 3.63) is 200 Å². The maximum Gasteiger partial charge on any atom is 0.221 e. The second-order valence-corrected chi connectivity index (χ2v) is 26.8. The lowest BCUT2D eigenvalue weighted by Crippen LogP contribution is -2.47. The summed E-state index contributed by atoms with van der Waals surface area (Å²) in [5.41, 5.74) is 7.70. The third kappa shape index (κ3) is 11.4. The number of amides is 2. The summed E-state index contributed by atoms with van der Waals surface area (Å²) in [5.74, 6) is 2.28. The number of methoxy groups -OCH3 is 2. The second-order valence-electron chi connectivity index (χ2n) is 20.7. The molecule has 0 aromatic heterocycles. The van der Waals surface area contributed by atoms with Gasteiger partial charge in [0.1, 0.15) is 11.5 Å². The first-order valence-electron chi connectivity index (χ1n) is 25.2. The van der Waals surface area contributed by atoms with E-state index in [0.29, 0.717) is 5.70 Å². The molecule has 8 nitrogen and oxygen atoms in total. The number of rotatable bonds is 9. The molecule has 0 spiro atoms. The topological polar surface area (TPSA) is 83.1 Å². The van der Waals surface area contributed by atoms with E-state index in [1.807, 2.05) is 69.7 Å². The molecule has 2 aliphatic heterocycles. The van der Waals surface area contributed by atoms with E-state index >= 15 is 0 Å². The minimum atomic E-state index is -0.739. The fourth-order valence-corrected chi connectivity index (χ4v) is 18.0. The Morgan fingerprint density at radius 3 is 1.36 bits per heavy atom. The van der Waals surface area contributed by atoms with Crippen molar-refractivity contribution in [2.75, 3.05) is 24.0 Å². The van der Waals surface area contributed by atoms with Crippen molar-refractivity contribution in [3.63, 3.8) is 0 Å². The Balaban J connectivity index is 0.000000185. The standard InChI is InChI=1S/C36H42N2O2P2.C14H15NO.C14H13NO/c1-35(2,3)41-31-27(21-15-23-29(31)39-7)37(25-17-11-9-12-18-25)33(41)34-38(26-19-13-10-14-20-26)28-22-16-24-30(40-8)32(28)42(34)36(4,5)6;2*1-10(15-11(2)16)13-8-7-12-5-3-4-6-14(12)9-13/h9-24,33-34H,1-8H3;3-10H,1-2H3,(H,15,16);3-9H,1H2,2H3,(H,15,16)/t33?,34?,41-,42+;;. The van der Waals surface area contributed by atoms with E-state index in [2.05, 4.69) is 202 Å². The normalized spacial score (nSPS) is 17.2. The first-order valence-corrected chi connectivity index (χ1v) is 28.1. The summed E-state index contributed by atoms with van der Waals surface area (Å²) in [7, 11) is 2.16. The molecule has 0 fully saturated rings. The summed E-state index contributed by atoms with van der Waals surface area (Å²) in [6.45, 7) is 23.4. The molecule has 380 valence electrons. The van der Waals surface area contributed by atoms with Crippen LogP contribution in [0.5, 0.6) is 11.5 Å². The number of hydrogen-bond acceptors (Lipinski definition) is 6. The van der Waals surface area contributed by atoms with E-state index in [0.717, 1.165) is 28.0 Å². The molecule has 3 unspecified atom stereocenters. The summed E-state index contributed by atoms with van der Waals surface area (Å²) in [6, 6.07) is 63.8. The zero-order valence-corrected chi connectivity index (χ0v) is 46.5. The highest BCUT2D eigenvalue weighted by atomic mass is 31.1. The van der Waals surface area contributed by atoms with Crippen LogP contribution in [0.25, 0.3) is 27.2 Å². The molecule has 2 amide bonds. The zero-order chi connectivity index (χ0) is 52.9. The third-order valence-corrected chi connectivity index (χ3v) is 20.4. The molecule has 74 heavy (non-hydrogen) atoms. The Bertz CT molecular complexity index is 3160. The lowest BCUT2D eigenvalue weighted by Gasteiger charge is -2.47. The monoisotopic (exact) mass is 1020 g/mol. The number of carbonyl (C=O) groups is 2. The van der Waals surface area contributed by atoms with Crippen molar-refractivity contribution in [1.82, 2.24) is 10.6 Å². The molecule has 0 saturated heterocycles. The highest BCUT2D eigenvalue weighted by Crippen LogP contribution is 2.73. The van der Waals surface area contributed by atoms with Gasteiger partial charge in [-0.1, -0.05) is 169 Å².